The molecule has 5 heteroatoms. The Bertz CT molecular complexity index is 493. The Kier molecular flexibility index (Phi) is 3.94. The van der Waals surface area contributed by atoms with E-state index in [0.717, 1.165) is 19.3 Å². The van der Waals surface area contributed by atoms with Gasteiger partial charge in [0.2, 0.25) is 5.91 Å². The maximum absolute atomic E-state index is 12.1. The second-order valence-electron chi connectivity index (χ2n) is 5.92. The molecule has 2 N–H and O–H groups in total. The van der Waals surface area contributed by atoms with Crippen molar-refractivity contribution in [2.75, 3.05) is 5.32 Å². The van der Waals surface area contributed by atoms with Crippen molar-refractivity contribution in [3.05, 3.63) is 17.0 Å². The van der Waals surface area contributed by atoms with Gasteiger partial charge in [0, 0.05) is 13.0 Å². The summed E-state index contributed by atoms with van der Waals surface area (Å²) in [4.78, 5) is 23.7. The molecule has 1 atom stereocenters. The summed E-state index contributed by atoms with van der Waals surface area (Å²) in [6.45, 7) is 5.93. The van der Waals surface area contributed by atoms with Gasteiger partial charge in [-0.05, 0) is 36.8 Å². The summed E-state index contributed by atoms with van der Waals surface area (Å²) in [5, 5.41) is 6.47. The Morgan fingerprint density at radius 1 is 1.37 bits per heavy atom. The summed E-state index contributed by atoms with van der Waals surface area (Å²) >= 11 is 1.31. The van der Waals surface area contributed by atoms with Gasteiger partial charge in [-0.25, -0.2) is 0 Å². The SMILES string of the molecule is CC(=O)Nc1ccc(C(=O)NC2CCC(C)(C)C2)s1. The Morgan fingerprint density at radius 3 is 2.68 bits per heavy atom. The highest BCUT2D eigenvalue weighted by Gasteiger charge is 2.31. The molecule has 0 saturated heterocycles. The molecule has 1 aromatic rings. The highest BCUT2D eigenvalue weighted by molar-refractivity contribution is 7.18. The molecule has 1 heterocycles. The Labute approximate surface area is 117 Å². The summed E-state index contributed by atoms with van der Waals surface area (Å²) in [6.07, 6.45) is 3.23. The molecule has 1 fully saturated rings. The summed E-state index contributed by atoms with van der Waals surface area (Å²) in [7, 11) is 0. The van der Waals surface area contributed by atoms with Crippen molar-refractivity contribution >= 4 is 28.2 Å². The molecular weight excluding hydrogens is 260 g/mol. The molecule has 1 aliphatic rings. The van der Waals surface area contributed by atoms with Crippen molar-refractivity contribution in [2.45, 2.75) is 46.1 Å². The van der Waals surface area contributed by atoms with E-state index in [1.807, 2.05) is 0 Å². The topological polar surface area (TPSA) is 58.2 Å². The lowest BCUT2D eigenvalue weighted by atomic mass is 9.92. The van der Waals surface area contributed by atoms with Crippen LogP contribution in [0, 0.1) is 5.41 Å². The molecule has 0 aromatic carbocycles. The second kappa shape index (κ2) is 5.33. The van der Waals surface area contributed by atoms with Crippen LogP contribution in [0.5, 0.6) is 0 Å². The standard InChI is InChI=1S/C14H20N2O2S/c1-9(17)15-12-5-4-11(19-12)13(18)16-10-6-7-14(2,3)8-10/h4-5,10H,6-8H2,1-3H3,(H,15,17)(H,16,18). The number of hydrogen-bond donors (Lipinski definition) is 2. The smallest absolute Gasteiger partial charge is 0.261 e. The number of anilines is 1. The van der Waals surface area contributed by atoms with E-state index >= 15 is 0 Å². The number of amides is 2. The van der Waals surface area contributed by atoms with Crippen molar-refractivity contribution in [1.29, 1.82) is 0 Å². The number of carbonyl (C=O) groups excluding carboxylic acids is 2. The van der Waals surface area contributed by atoms with E-state index in [4.69, 9.17) is 0 Å². The molecule has 2 rings (SSSR count). The first-order valence-electron chi connectivity index (χ1n) is 6.54. The second-order valence-corrected chi connectivity index (χ2v) is 7.01. The van der Waals surface area contributed by atoms with Gasteiger partial charge in [-0.3, -0.25) is 9.59 Å². The van der Waals surface area contributed by atoms with Gasteiger partial charge in [0.25, 0.3) is 5.91 Å². The number of carbonyl (C=O) groups is 2. The van der Waals surface area contributed by atoms with Crippen LogP contribution in [0.2, 0.25) is 0 Å². The summed E-state index contributed by atoms with van der Waals surface area (Å²) in [6, 6.07) is 3.79. The van der Waals surface area contributed by atoms with Crippen molar-refractivity contribution in [3.63, 3.8) is 0 Å². The van der Waals surface area contributed by atoms with Gasteiger partial charge in [0.1, 0.15) is 0 Å². The third-order valence-corrected chi connectivity index (χ3v) is 4.43. The number of rotatable bonds is 3. The van der Waals surface area contributed by atoms with Gasteiger partial charge in [-0.1, -0.05) is 13.8 Å². The van der Waals surface area contributed by atoms with E-state index in [-0.39, 0.29) is 17.9 Å². The molecular formula is C14H20N2O2S. The molecule has 0 bridgehead atoms. The molecule has 4 nitrogen and oxygen atoms in total. The van der Waals surface area contributed by atoms with Gasteiger partial charge in [-0.15, -0.1) is 11.3 Å². The molecule has 1 unspecified atom stereocenters. The average Bonchev–Trinajstić information content (AvgIpc) is 2.85. The van der Waals surface area contributed by atoms with Crippen molar-refractivity contribution < 1.29 is 9.59 Å². The maximum Gasteiger partial charge on any atom is 0.261 e. The highest BCUT2D eigenvalue weighted by Crippen LogP contribution is 2.37. The number of nitrogens with one attached hydrogen (secondary N) is 2. The van der Waals surface area contributed by atoms with Gasteiger partial charge in [0.05, 0.1) is 9.88 Å². The zero-order valence-corrected chi connectivity index (χ0v) is 12.4. The highest BCUT2D eigenvalue weighted by atomic mass is 32.1. The van der Waals surface area contributed by atoms with Crippen LogP contribution in [-0.4, -0.2) is 17.9 Å². The molecule has 1 aliphatic carbocycles. The third kappa shape index (κ3) is 3.80. The molecule has 1 aromatic heterocycles. The van der Waals surface area contributed by atoms with Crippen molar-refractivity contribution in [3.8, 4) is 0 Å². The molecule has 104 valence electrons. The van der Waals surface area contributed by atoms with E-state index in [9.17, 15) is 9.59 Å². The van der Waals surface area contributed by atoms with Gasteiger partial charge >= 0.3 is 0 Å². The average molecular weight is 280 g/mol. The Balaban J connectivity index is 1.93. The molecule has 2 amide bonds. The first-order chi connectivity index (χ1) is 8.85. The van der Waals surface area contributed by atoms with Gasteiger partial charge in [-0.2, -0.15) is 0 Å². The lowest BCUT2D eigenvalue weighted by Gasteiger charge is -2.17. The predicted octanol–water partition coefficient (Wildman–Crippen LogP) is 3.02. The Morgan fingerprint density at radius 2 is 2.11 bits per heavy atom. The fourth-order valence-electron chi connectivity index (χ4n) is 2.52. The fraction of sp³-hybridized carbons (Fsp3) is 0.571. The lowest BCUT2D eigenvalue weighted by molar-refractivity contribution is -0.114. The molecule has 19 heavy (non-hydrogen) atoms. The molecule has 0 aliphatic heterocycles. The summed E-state index contributed by atoms with van der Waals surface area (Å²) in [5.41, 5.74) is 0.328. The minimum Gasteiger partial charge on any atom is -0.349 e. The summed E-state index contributed by atoms with van der Waals surface area (Å²) < 4.78 is 0. The molecule has 1 saturated carbocycles. The van der Waals surface area contributed by atoms with Crippen LogP contribution in [0.3, 0.4) is 0 Å². The number of hydrogen-bond acceptors (Lipinski definition) is 3. The fourth-order valence-corrected chi connectivity index (χ4v) is 3.37. The van der Waals surface area contributed by atoms with Gasteiger partial charge in [0.15, 0.2) is 0 Å². The van der Waals surface area contributed by atoms with Crippen LogP contribution in [0.4, 0.5) is 5.00 Å². The summed E-state index contributed by atoms with van der Waals surface area (Å²) in [5.74, 6) is -0.157. The minimum absolute atomic E-state index is 0.0377. The van der Waals surface area contributed by atoms with Crippen LogP contribution in [0.25, 0.3) is 0 Å². The van der Waals surface area contributed by atoms with E-state index in [0.29, 0.717) is 15.3 Å². The van der Waals surface area contributed by atoms with Crippen molar-refractivity contribution in [2.24, 2.45) is 5.41 Å². The van der Waals surface area contributed by atoms with Crippen LogP contribution < -0.4 is 10.6 Å². The zero-order valence-electron chi connectivity index (χ0n) is 11.6. The van der Waals surface area contributed by atoms with Crippen molar-refractivity contribution in [1.82, 2.24) is 5.32 Å². The van der Waals surface area contributed by atoms with E-state index in [2.05, 4.69) is 24.5 Å². The minimum atomic E-state index is -0.119. The van der Waals surface area contributed by atoms with E-state index in [1.165, 1.54) is 18.3 Å². The normalized spacial score (nSPS) is 21.1. The van der Waals surface area contributed by atoms with Crippen LogP contribution >= 0.6 is 11.3 Å². The van der Waals surface area contributed by atoms with E-state index in [1.54, 1.807) is 12.1 Å². The number of thiophene rings is 1. The zero-order chi connectivity index (χ0) is 14.0. The Hall–Kier alpha value is -1.36. The molecule has 0 spiro atoms. The van der Waals surface area contributed by atoms with E-state index < -0.39 is 0 Å². The first-order valence-corrected chi connectivity index (χ1v) is 7.36. The lowest BCUT2D eigenvalue weighted by Crippen LogP contribution is -2.32. The van der Waals surface area contributed by atoms with Crippen LogP contribution in [0.15, 0.2) is 12.1 Å². The monoisotopic (exact) mass is 280 g/mol. The first kappa shape index (κ1) is 14.1. The maximum atomic E-state index is 12.1. The third-order valence-electron chi connectivity index (χ3n) is 3.43. The largest absolute Gasteiger partial charge is 0.349 e. The quantitative estimate of drug-likeness (QED) is 0.894. The molecule has 0 radical (unpaired) electrons. The predicted molar refractivity (Wildman–Crippen MR) is 77.5 cm³/mol. The van der Waals surface area contributed by atoms with Crippen LogP contribution in [-0.2, 0) is 4.79 Å². The van der Waals surface area contributed by atoms with Gasteiger partial charge < -0.3 is 10.6 Å². The van der Waals surface area contributed by atoms with Crippen LogP contribution in [0.1, 0.15) is 49.7 Å².